The number of benzene rings is 1. The van der Waals surface area contributed by atoms with Crippen LogP contribution in [-0.2, 0) is 4.79 Å². The topological polar surface area (TPSA) is 116 Å². The molecule has 0 radical (unpaired) electrons. The van der Waals surface area contributed by atoms with Crippen LogP contribution in [0.3, 0.4) is 0 Å². The molecular formula is C18H22BrN3O5. The molecule has 1 atom stereocenters. The number of aliphatic carboxylic acids is 1. The van der Waals surface area contributed by atoms with Crippen molar-refractivity contribution >= 4 is 39.7 Å². The minimum absolute atomic E-state index is 0.125. The van der Waals surface area contributed by atoms with E-state index in [9.17, 15) is 19.2 Å². The zero-order valence-corrected chi connectivity index (χ0v) is 16.7. The van der Waals surface area contributed by atoms with Crippen LogP contribution in [0.2, 0.25) is 0 Å². The molecule has 0 aliphatic carbocycles. The first-order valence-electron chi connectivity index (χ1n) is 8.63. The zero-order valence-electron chi connectivity index (χ0n) is 15.1. The monoisotopic (exact) mass is 439 g/mol. The summed E-state index contributed by atoms with van der Waals surface area (Å²) in [7, 11) is 0. The van der Waals surface area contributed by atoms with Crippen molar-refractivity contribution in [3.05, 3.63) is 33.8 Å². The molecule has 8 nitrogen and oxygen atoms in total. The third-order valence-electron chi connectivity index (χ3n) is 4.09. The molecule has 1 aliphatic rings. The van der Waals surface area contributed by atoms with Crippen molar-refractivity contribution < 1.29 is 24.3 Å². The van der Waals surface area contributed by atoms with E-state index < -0.39 is 18.0 Å². The van der Waals surface area contributed by atoms with Gasteiger partial charge >= 0.3 is 12.0 Å². The van der Waals surface area contributed by atoms with Gasteiger partial charge < -0.3 is 15.7 Å². The van der Waals surface area contributed by atoms with Gasteiger partial charge in [0.25, 0.3) is 11.8 Å². The third-order valence-corrected chi connectivity index (χ3v) is 4.58. The lowest BCUT2D eigenvalue weighted by Crippen LogP contribution is -2.47. The van der Waals surface area contributed by atoms with Crippen LogP contribution in [-0.4, -0.2) is 53.0 Å². The second-order valence-corrected chi connectivity index (χ2v) is 7.64. The van der Waals surface area contributed by atoms with Gasteiger partial charge in [-0.25, -0.2) is 9.59 Å². The SMILES string of the molecule is CC(C)CC(NC(=O)NCCCN1C(=O)c2ccc(Br)cc2C1=O)C(=O)O. The Morgan fingerprint density at radius 1 is 1.19 bits per heavy atom. The molecule has 1 heterocycles. The predicted octanol–water partition coefficient (Wildman–Crippen LogP) is 2.23. The van der Waals surface area contributed by atoms with Crippen LogP contribution in [0.1, 0.15) is 47.4 Å². The summed E-state index contributed by atoms with van der Waals surface area (Å²) in [5, 5.41) is 14.1. The highest BCUT2D eigenvalue weighted by atomic mass is 79.9. The van der Waals surface area contributed by atoms with Crippen molar-refractivity contribution in [1.29, 1.82) is 0 Å². The summed E-state index contributed by atoms with van der Waals surface area (Å²) in [6.45, 7) is 4.11. The number of urea groups is 1. The number of halogens is 1. The number of nitrogens with zero attached hydrogens (tertiary/aromatic N) is 1. The lowest BCUT2D eigenvalue weighted by atomic mass is 10.0. The van der Waals surface area contributed by atoms with Gasteiger partial charge in [-0.2, -0.15) is 0 Å². The number of nitrogens with one attached hydrogen (secondary N) is 2. The van der Waals surface area contributed by atoms with Gasteiger partial charge in [0.1, 0.15) is 6.04 Å². The number of amides is 4. The first kappa shape index (κ1) is 20.9. The predicted molar refractivity (Wildman–Crippen MR) is 102 cm³/mol. The van der Waals surface area contributed by atoms with E-state index in [0.717, 1.165) is 9.37 Å². The summed E-state index contributed by atoms with van der Waals surface area (Å²) < 4.78 is 0.719. The quantitative estimate of drug-likeness (QED) is 0.424. The van der Waals surface area contributed by atoms with E-state index in [1.165, 1.54) is 0 Å². The highest BCUT2D eigenvalue weighted by Crippen LogP contribution is 2.25. The average molecular weight is 440 g/mol. The molecule has 0 saturated heterocycles. The van der Waals surface area contributed by atoms with Crippen molar-refractivity contribution in [3.8, 4) is 0 Å². The molecule has 9 heteroatoms. The molecule has 1 unspecified atom stereocenters. The van der Waals surface area contributed by atoms with Gasteiger partial charge in [0.15, 0.2) is 0 Å². The van der Waals surface area contributed by atoms with Crippen LogP contribution in [0.25, 0.3) is 0 Å². The van der Waals surface area contributed by atoms with Gasteiger partial charge in [0.2, 0.25) is 0 Å². The Labute approximate surface area is 165 Å². The first-order chi connectivity index (χ1) is 12.7. The molecular weight excluding hydrogens is 418 g/mol. The molecule has 1 aromatic rings. The van der Waals surface area contributed by atoms with Gasteiger partial charge in [0.05, 0.1) is 11.1 Å². The summed E-state index contributed by atoms with van der Waals surface area (Å²) in [6.07, 6.45) is 0.690. The van der Waals surface area contributed by atoms with Gasteiger partial charge in [-0.15, -0.1) is 0 Å². The number of carbonyl (C=O) groups excluding carboxylic acids is 3. The number of carboxylic acids is 1. The second kappa shape index (κ2) is 8.98. The Balaban J connectivity index is 1.80. The van der Waals surface area contributed by atoms with E-state index >= 15 is 0 Å². The van der Waals surface area contributed by atoms with E-state index in [1.54, 1.807) is 18.2 Å². The maximum atomic E-state index is 12.3. The van der Waals surface area contributed by atoms with Gasteiger partial charge in [-0.1, -0.05) is 29.8 Å². The fourth-order valence-corrected chi connectivity index (χ4v) is 3.17. The van der Waals surface area contributed by atoms with Crippen LogP contribution in [0.4, 0.5) is 4.79 Å². The van der Waals surface area contributed by atoms with Crippen LogP contribution in [0.15, 0.2) is 22.7 Å². The summed E-state index contributed by atoms with van der Waals surface area (Å²) in [6, 6.07) is 3.37. The fraction of sp³-hybridized carbons (Fsp3) is 0.444. The number of rotatable bonds is 8. The molecule has 2 rings (SSSR count). The smallest absolute Gasteiger partial charge is 0.326 e. The van der Waals surface area contributed by atoms with Crippen LogP contribution in [0.5, 0.6) is 0 Å². The summed E-state index contributed by atoms with van der Waals surface area (Å²) in [5.74, 6) is -1.67. The molecule has 1 aromatic carbocycles. The number of hydrogen-bond donors (Lipinski definition) is 3. The number of hydrogen-bond acceptors (Lipinski definition) is 4. The number of carboxylic acid groups (broad SMARTS) is 1. The minimum Gasteiger partial charge on any atom is -0.480 e. The number of fused-ring (bicyclic) bond motifs is 1. The molecule has 0 spiro atoms. The molecule has 1 aliphatic heterocycles. The van der Waals surface area contributed by atoms with Gasteiger partial charge in [-0.3, -0.25) is 14.5 Å². The average Bonchev–Trinajstić information content (AvgIpc) is 2.81. The summed E-state index contributed by atoms with van der Waals surface area (Å²) in [4.78, 5) is 48.8. The highest BCUT2D eigenvalue weighted by molar-refractivity contribution is 9.10. The number of imide groups is 1. The van der Waals surface area contributed by atoms with E-state index in [0.29, 0.717) is 24.0 Å². The highest BCUT2D eigenvalue weighted by Gasteiger charge is 2.35. The fourth-order valence-electron chi connectivity index (χ4n) is 2.81. The van der Waals surface area contributed by atoms with E-state index in [-0.39, 0.29) is 30.8 Å². The Morgan fingerprint density at radius 2 is 1.85 bits per heavy atom. The molecule has 0 fully saturated rings. The molecule has 4 amide bonds. The molecule has 0 saturated carbocycles. The van der Waals surface area contributed by atoms with Gasteiger partial charge in [0, 0.05) is 17.6 Å². The van der Waals surface area contributed by atoms with Crippen molar-refractivity contribution in [1.82, 2.24) is 15.5 Å². The second-order valence-electron chi connectivity index (χ2n) is 6.73. The molecule has 3 N–H and O–H groups in total. The van der Waals surface area contributed by atoms with Crippen LogP contribution >= 0.6 is 15.9 Å². The van der Waals surface area contributed by atoms with E-state index in [2.05, 4.69) is 26.6 Å². The van der Waals surface area contributed by atoms with Crippen LogP contribution < -0.4 is 10.6 Å². The lowest BCUT2D eigenvalue weighted by Gasteiger charge is -2.17. The van der Waals surface area contributed by atoms with E-state index in [1.807, 2.05) is 13.8 Å². The van der Waals surface area contributed by atoms with Crippen molar-refractivity contribution in [2.45, 2.75) is 32.7 Å². The summed E-state index contributed by atoms with van der Waals surface area (Å²) >= 11 is 3.28. The normalized spacial score (nSPS) is 14.3. The molecule has 0 bridgehead atoms. The molecule has 0 aromatic heterocycles. The van der Waals surface area contributed by atoms with Crippen molar-refractivity contribution in [3.63, 3.8) is 0 Å². The lowest BCUT2D eigenvalue weighted by molar-refractivity contribution is -0.139. The molecule has 27 heavy (non-hydrogen) atoms. The molecule has 146 valence electrons. The van der Waals surface area contributed by atoms with Crippen molar-refractivity contribution in [2.75, 3.05) is 13.1 Å². The Bertz CT molecular complexity index is 765. The maximum Gasteiger partial charge on any atom is 0.326 e. The van der Waals surface area contributed by atoms with Crippen molar-refractivity contribution in [2.24, 2.45) is 5.92 Å². The minimum atomic E-state index is -1.09. The van der Waals surface area contributed by atoms with E-state index in [4.69, 9.17) is 5.11 Å². The van der Waals surface area contributed by atoms with Gasteiger partial charge in [-0.05, 0) is 37.0 Å². The maximum absolute atomic E-state index is 12.3. The summed E-state index contributed by atoms with van der Waals surface area (Å²) in [5.41, 5.74) is 0.727. The Morgan fingerprint density at radius 3 is 2.48 bits per heavy atom. The first-order valence-corrected chi connectivity index (χ1v) is 9.43. The number of carbonyl (C=O) groups is 4. The third kappa shape index (κ3) is 5.29. The standard InChI is InChI=1S/C18H22BrN3O5/c1-10(2)8-14(17(25)26)21-18(27)20-6-3-7-22-15(23)12-5-4-11(19)9-13(12)16(22)24/h4-5,9-10,14H,3,6-8H2,1-2H3,(H,25,26)(H2,20,21,27). The Hall–Kier alpha value is -2.42. The van der Waals surface area contributed by atoms with Crippen LogP contribution in [0, 0.1) is 5.92 Å². The zero-order chi connectivity index (χ0) is 20.1. The largest absolute Gasteiger partial charge is 0.480 e. The Kier molecular flexibility index (Phi) is 6.95.